The molecule has 10 nitrogen and oxygen atoms in total. The number of fused-ring (bicyclic) bond motifs is 2. The van der Waals surface area contributed by atoms with Gasteiger partial charge >= 0.3 is 6.03 Å². The Morgan fingerprint density at radius 2 is 1.97 bits per heavy atom. The van der Waals surface area contributed by atoms with Crippen molar-refractivity contribution < 1.29 is 18.8 Å². The molecule has 2 fully saturated rings. The molecule has 1 atom stereocenters. The molecule has 3 aliphatic rings. The van der Waals surface area contributed by atoms with Crippen LogP contribution >= 0.6 is 11.3 Å². The summed E-state index contributed by atoms with van der Waals surface area (Å²) in [5, 5.41) is 6.98. The van der Waals surface area contributed by atoms with E-state index in [0.29, 0.717) is 35.0 Å². The zero-order valence-electron chi connectivity index (χ0n) is 20.2. The molecule has 0 radical (unpaired) electrons. The zero-order valence-corrected chi connectivity index (χ0v) is 21.1. The van der Waals surface area contributed by atoms with Gasteiger partial charge in [0.2, 0.25) is 0 Å². The third-order valence-corrected chi connectivity index (χ3v) is 8.49. The largest absolute Gasteiger partial charge is 0.456 e. The van der Waals surface area contributed by atoms with Gasteiger partial charge in [-0.2, -0.15) is 0 Å². The van der Waals surface area contributed by atoms with Gasteiger partial charge in [-0.25, -0.2) is 9.78 Å². The topological polar surface area (TPSA) is 111 Å². The average molecular weight is 509 g/mol. The Labute approximate surface area is 212 Å². The average Bonchev–Trinajstić information content (AvgIpc) is 3.58. The molecule has 0 aliphatic carbocycles. The van der Waals surface area contributed by atoms with E-state index in [4.69, 9.17) is 9.40 Å². The maximum absolute atomic E-state index is 13.1. The van der Waals surface area contributed by atoms with Crippen LogP contribution in [0.1, 0.15) is 33.8 Å². The minimum absolute atomic E-state index is 0.0223. The minimum Gasteiger partial charge on any atom is -0.456 e. The first kappa shape index (κ1) is 23.0. The van der Waals surface area contributed by atoms with Gasteiger partial charge in [-0.3, -0.25) is 14.9 Å². The summed E-state index contributed by atoms with van der Waals surface area (Å²) in [6.07, 6.45) is 2.83. The molecule has 3 aliphatic heterocycles. The van der Waals surface area contributed by atoms with Crippen molar-refractivity contribution in [1.29, 1.82) is 0 Å². The van der Waals surface area contributed by atoms with E-state index in [1.54, 1.807) is 11.0 Å². The second-order valence-electron chi connectivity index (χ2n) is 9.91. The molecule has 188 valence electrons. The number of imide groups is 1. The van der Waals surface area contributed by atoms with Gasteiger partial charge in [0, 0.05) is 31.7 Å². The molecule has 36 heavy (non-hydrogen) atoms. The van der Waals surface area contributed by atoms with Crippen molar-refractivity contribution in [3.8, 4) is 0 Å². The molecule has 4 amide bonds. The summed E-state index contributed by atoms with van der Waals surface area (Å²) in [6.45, 7) is 2.26. The number of nitrogens with one attached hydrogen (secondary N) is 2. The molecule has 0 spiro atoms. The number of amides is 4. The van der Waals surface area contributed by atoms with Crippen LogP contribution in [0.15, 0.2) is 34.1 Å². The van der Waals surface area contributed by atoms with Crippen LogP contribution in [0.3, 0.4) is 0 Å². The molecular weight excluding hydrogens is 480 g/mol. The van der Waals surface area contributed by atoms with Gasteiger partial charge in [0.05, 0.1) is 11.4 Å². The molecule has 11 heteroatoms. The van der Waals surface area contributed by atoms with E-state index >= 15 is 0 Å². The Bertz CT molecular complexity index is 1360. The lowest BCUT2D eigenvalue weighted by molar-refractivity contribution is -0.125. The van der Waals surface area contributed by atoms with Crippen LogP contribution in [0.25, 0.3) is 11.1 Å². The van der Waals surface area contributed by atoms with Gasteiger partial charge < -0.3 is 24.4 Å². The monoisotopic (exact) mass is 508 g/mol. The van der Waals surface area contributed by atoms with Crippen LogP contribution in [0, 0.1) is 0 Å². The third-order valence-electron chi connectivity index (χ3n) is 7.55. The molecule has 3 aromatic rings. The van der Waals surface area contributed by atoms with Gasteiger partial charge in [0.1, 0.15) is 17.1 Å². The molecule has 1 unspecified atom stereocenters. The molecular formula is C25H28N6O4S. The highest BCUT2D eigenvalue weighted by atomic mass is 32.1. The number of rotatable bonds is 5. The van der Waals surface area contributed by atoms with Crippen LogP contribution in [-0.2, 0) is 16.8 Å². The molecule has 0 bridgehead atoms. The number of carbonyl (C=O) groups is 3. The molecule has 6 heterocycles. The summed E-state index contributed by atoms with van der Waals surface area (Å²) in [6, 6.07) is 7.41. The van der Waals surface area contributed by atoms with Crippen LogP contribution < -0.4 is 15.5 Å². The Morgan fingerprint density at radius 1 is 1.17 bits per heavy atom. The van der Waals surface area contributed by atoms with Crippen molar-refractivity contribution in [3.05, 3.63) is 45.8 Å². The second kappa shape index (κ2) is 8.59. The lowest BCUT2D eigenvalue weighted by atomic mass is 9.94. The standard InChI is InChI=1S/C25H28N6O4S/c1-29(2)16-6-10-30(11-7-16)20-4-3-18-17(26-20)13-19(35-18)25(23(33)27-24(34)28-25)14-31-9-5-15-8-12-36-21(15)22(31)32/h3-4,8,12-13,16H,5-7,9-11,14H2,1-2H3,(H2,27,28,33,34). The predicted octanol–water partition coefficient (Wildman–Crippen LogP) is 2.15. The van der Waals surface area contributed by atoms with E-state index in [2.05, 4.69) is 34.5 Å². The van der Waals surface area contributed by atoms with Crippen molar-refractivity contribution in [3.63, 3.8) is 0 Å². The highest BCUT2D eigenvalue weighted by molar-refractivity contribution is 7.12. The summed E-state index contributed by atoms with van der Waals surface area (Å²) in [4.78, 5) is 50.2. The van der Waals surface area contributed by atoms with E-state index in [0.717, 1.165) is 37.3 Å². The maximum Gasteiger partial charge on any atom is 0.322 e. The number of hydrogen-bond acceptors (Lipinski definition) is 8. The summed E-state index contributed by atoms with van der Waals surface area (Å²) in [5.41, 5.74) is 0.629. The van der Waals surface area contributed by atoms with Gasteiger partial charge in [-0.05, 0) is 62.5 Å². The lowest BCUT2D eigenvalue weighted by Crippen LogP contribution is -2.54. The normalized spacial score (nSPS) is 22.9. The van der Waals surface area contributed by atoms with E-state index in [9.17, 15) is 14.4 Å². The number of pyridine rings is 1. The Balaban J connectivity index is 1.30. The number of furan rings is 1. The minimum atomic E-state index is -1.52. The van der Waals surface area contributed by atoms with Gasteiger partial charge in [0.15, 0.2) is 11.1 Å². The van der Waals surface area contributed by atoms with Crippen molar-refractivity contribution in [2.24, 2.45) is 0 Å². The molecule has 2 N–H and O–H groups in total. The molecule has 0 aromatic carbocycles. The van der Waals surface area contributed by atoms with Crippen molar-refractivity contribution in [2.45, 2.75) is 30.8 Å². The fourth-order valence-corrected chi connectivity index (χ4v) is 6.34. The smallest absolute Gasteiger partial charge is 0.322 e. The highest BCUT2D eigenvalue weighted by Gasteiger charge is 2.52. The quantitative estimate of drug-likeness (QED) is 0.508. The molecule has 2 saturated heterocycles. The number of anilines is 1. The second-order valence-corrected chi connectivity index (χ2v) is 10.8. The Morgan fingerprint density at radius 3 is 2.69 bits per heavy atom. The fourth-order valence-electron chi connectivity index (χ4n) is 5.42. The van der Waals surface area contributed by atoms with Gasteiger partial charge in [-0.15, -0.1) is 11.3 Å². The zero-order chi connectivity index (χ0) is 25.0. The molecule has 3 aromatic heterocycles. The number of hydrogen-bond donors (Lipinski definition) is 2. The number of aromatic nitrogens is 1. The Kier molecular flexibility index (Phi) is 5.49. The summed E-state index contributed by atoms with van der Waals surface area (Å²) in [7, 11) is 4.23. The SMILES string of the molecule is CN(C)C1CCN(c2ccc3oc(C4(CN5CCc6ccsc6C5=O)NC(=O)NC4=O)cc3n2)CC1. The first-order valence-corrected chi connectivity index (χ1v) is 13.0. The van der Waals surface area contributed by atoms with Crippen LogP contribution in [0.5, 0.6) is 0 Å². The van der Waals surface area contributed by atoms with Crippen molar-refractivity contribution >= 4 is 46.1 Å². The number of urea groups is 1. The fraction of sp³-hybridized carbons (Fsp3) is 0.440. The van der Waals surface area contributed by atoms with Gasteiger partial charge in [-0.1, -0.05) is 0 Å². The van der Waals surface area contributed by atoms with Gasteiger partial charge in [0.25, 0.3) is 11.8 Å². The van der Waals surface area contributed by atoms with E-state index < -0.39 is 17.5 Å². The van der Waals surface area contributed by atoms with E-state index in [-0.39, 0.29) is 18.2 Å². The summed E-state index contributed by atoms with van der Waals surface area (Å²) < 4.78 is 6.10. The van der Waals surface area contributed by atoms with E-state index in [1.165, 1.54) is 11.3 Å². The van der Waals surface area contributed by atoms with Crippen LogP contribution in [0.2, 0.25) is 0 Å². The lowest BCUT2D eigenvalue weighted by Gasteiger charge is -2.35. The first-order chi connectivity index (χ1) is 17.3. The number of thiophene rings is 1. The highest BCUT2D eigenvalue weighted by Crippen LogP contribution is 2.34. The number of carbonyl (C=O) groups excluding carboxylic acids is 3. The summed E-state index contributed by atoms with van der Waals surface area (Å²) in [5.74, 6) is 0.443. The number of piperidine rings is 1. The van der Waals surface area contributed by atoms with Crippen molar-refractivity contribution in [1.82, 2.24) is 25.4 Å². The van der Waals surface area contributed by atoms with Crippen LogP contribution in [-0.4, -0.2) is 78.9 Å². The number of nitrogens with zero attached hydrogens (tertiary/aromatic N) is 4. The van der Waals surface area contributed by atoms with Crippen LogP contribution in [0.4, 0.5) is 10.6 Å². The molecule has 6 rings (SSSR count). The third kappa shape index (κ3) is 3.73. The predicted molar refractivity (Wildman–Crippen MR) is 135 cm³/mol. The first-order valence-electron chi connectivity index (χ1n) is 12.2. The molecule has 0 saturated carbocycles. The summed E-state index contributed by atoms with van der Waals surface area (Å²) >= 11 is 1.39. The maximum atomic E-state index is 13.1. The van der Waals surface area contributed by atoms with E-state index in [1.807, 2.05) is 23.6 Å². The Hall–Kier alpha value is -3.44. The van der Waals surface area contributed by atoms with Crippen molar-refractivity contribution in [2.75, 3.05) is 45.2 Å².